The Hall–Kier alpha value is -1.88. The fraction of sp³-hybridized carbons (Fsp3) is 0.600. The summed E-state index contributed by atoms with van der Waals surface area (Å²) in [5, 5.41) is 3.23. The van der Waals surface area contributed by atoms with Crippen LogP contribution in [0.3, 0.4) is 0 Å². The van der Waals surface area contributed by atoms with E-state index in [1.807, 2.05) is 12.1 Å². The Bertz CT molecular complexity index is 678. The number of para-hydroxylation sites is 2. The van der Waals surface area contributed by atoms with Gasteiger partial charge in [-0.15, -0.1) is 0 Å². The van der Waals surface area contributed by atoms with Gasteiger partial charge in [0.15, 0.2) is 0 Å². The first-order chi connectivity index (χ1) is 12.3. The summed E-state index contributed by atoms with van der Waals surface area (Å²) in [6.45, 7) is 2.49. The first kappa shape index (κ1) is 16.6. The molecule has 5 nitrogen and oxygen atoms in total. The van der Waals surface area contributed by atoms with E-state index in [1.165, 1.54) is 19.3 Å². The summed E-state index contributed by atoms with van der Waals surface area (Å²) in [4.78, 5) is 22.8. The van der Waals surface area contributed by atoms with Crippen LogP contribution in [0.1, 0.15) is 56.7 Å². The molecule has 1 saturated heterocycles. The molecule has 0 radical (unpaired) electrons. The minimum atomic E-state index is 0.203. The standard InChI is InChI=1S/C20H28N4O/c25-19(21-16-6-2-1-3-7-16)14-24-12-10-15(11-13-24)20-22-17-8-4-5-9-18(17)23-20/h4-5,8-9,15-16H,1-3,6-7,10-14H2,(H,21,25)(H,22,23). The van der Waals surface area contributed by atoms with Crippen LogP contribution >= 0.6 is 0 Å². The number of piperidine rings is 1. The Morgan fingerprint density at radius 2 is 1.88 bits per heavy atom. The first-order valence-electron chi connectivity index (χ1n) is 9.74. The van der Waals surface area contributed by atoms with E-state index in [1.54, 1.807) is 0 Å². The van der Waals surface area contributed by atoms with Crippen molar-refractivity contribution in [3.8, 4) is 0 Å². The van der Waals surface area contributed by atoms with Gasteiger partial charge in [0, 0.05) is 12.0 Å². The Balaban J connectivity index is 1.27. The summed E-state index contributed by atoms with van der Waals surface area (Å²) < 4.78 is 0. The van der Waals surface area contributed by atoms with Gasteiger partial charge in [0.05, 0.1) is 17.6 Å². The second-order valence-corrected chi connectivity index (χ2v) is 7.59. The van der Waals surface area contributed by atoms with Gasteiger partial charge in [0.1, 0.15) is 5.82 Å². The molecule has 0 bridgehead atoms. The summed E-state index contributed by atoms with van der Waals surface area (Å²) in [5.41, 5.74) is 2.17. The van der Waals surface area contributed by atoms with Crippen LogP contribution in [0.2, 0.25) is 0 Å². The summed E-state index contributed by atoms with van der Waals surface area (Å²) in [6.07, 6.45) is 8.27. The van der Waals surface area contributed by atoms with Crippen LogP contribution in [0.25, 0.3) is 11.0 Å². The number of aromatic nitrogens is 2. The lowest BCUT2D eigenvalue weighted by Crippen LogP contribution is -2.44. The van der Waals surface area contributed by atoms with Crippen molar-refractivity contribution in [2.24, 2.45) is 0 Å². The Labute approximate surface area is 149 Å². The van der Waals surface area contributed by atoms with Crippen molar-refractivity contribution in [2.75, 3.05) is 19.6 Å². The van der Waals surface area contributed by atoms with Gasteiger partial charge in [-0.1, -0.05) is 31.4 Å². The Kier molecular flexibility index (Phi) is 5.02. The van der Waals surface area contributed by atoms with Crippen LogP contribution in [0.15, 0.2) is 24.3 Å². The lowest BCUT2D eigenvalue weighted by molar-refractivity contribution is -0.123. The average Bonchev–Trinajstić information content (AvgIpc) is 3.07. The third-order valence-corrected chi connectivity index (χ3v) is 5.72. The number of nitrogens with one attached hydrogen (secondary N) is 2. The number of aromatic amines is 1. The predicted molar refractivity (Wildman–Crippen MR) is 99.5 cm³/mol. The maximum atomic E-state index is 12.3. The van der Waals surface area contributed by atoms with Gasteiger partial charge in [-0.05, 0) is 50.9 Å². The lowest BCUT2D eigenvalue weighted by Gasteiger charge is -2.31. The third-order valence-electron chi connectivity index (χ3n) is 5.72. The molecule has 1 saturated carbocycles. The molecule has 1 aliphatic carbocycles. The molecule has 25 heavy (non-hydrogen) atoms. The summed E-state index contributed by atoms with van der Waals surface area (Å²) in [6, 6.07) is 8.61. The molecule has 1 aromatic carbocycles. The van der Waals surface area contributed by atoms with E-state index in [-0.39, 0.29) is 5.91 Å². The molecule has 0 unspecified atom stereocenters. The van der Waals surface area contributed by atoms with Gasteiger partial charge in [0.25, 0.3) is 0 Å². The average molecular weight is 340 g/mol. The zero-order valence-corrected chi connectivity index (χ0v) is 14.8. The van der Waals surface area contributed by atoms with Gasteiger partial charge in [-0.3, -0.25) is 9.69 Å². The van der Waals surface area contributed by atoms with Gasteiger partial charge < -0.3 is 10.3 Å². The van der Waals surface area contributed by atoms with E-state index in [0.717, 1.165) is 55.6 Å². The molecule has 1 aromatic heterocycles. The highest BCUT2D eigenvalue weighted by molar-refractivity contribution is 5.78. The van der Waals surface area contributed by atoms with E-state index in [2.05, 4.69) is 27.3 Å². The second kappa shape index (κ2) is 7.56. The Morgan fingerprint density at radius 1 is 1.12 bits per heavy atom. The topological polar surface area (TPSA) is 61.0 Å². The van der Waals surface area contributed by atoms with Crippen LogP contribution in [0.4, 0.5) is 0 Å². The smallest absolute Gasteiger partial charge is 0.234 e. The molecule has 2 aliphatic rings. The van der Waals surface area contributed by atoms with Crippen LogP contribution in [-0.2, 0) is 4.79 Å². The number of hydrogen-bond acceptors (Lipinski definition) is 3. The van der Waals surface area contributed by atoms with E-state index < -0.39 is 0 Å². The molecule has 134 valence electrons. The number of benzene rings is 1. The number of amides is 1. The summed E-state index contributed by atoms with van der Waals surface area (Å²) in [5.74, 6) is 1.78. The van der Waals surface area contributed by atoms with Crippen LogP contribution < -0.4 is 5.32 Å². The van der Waals surface area contributed by atoms with E-state index >= 15 is 0 Å². The quantitative estimate of drug-likeness (QED) is 0.898. The predicted octanol–water partition coefficient (Wildman–Crippen LogP) is 3.19. The van der Waals surface area contributed by atoms with E-state index in [0.29, 0.717) is 18.5 Å². The summed E-state index contributed by atoms with van der Waals surface area (Å²) in [7, 11) is 0. The number of carbonyl (C=O) groups excluding carboxylic acids is 1. The number of likely N-dealkylation sites (tertiary alicyclic amines) is 1. The molecule has 0 spiro atoms. The number of rotatable bonds is 4. The zero-order valence-electron chi connectivity index (χ0n) is 14.8. The first-order valence-corrected chi connectivity index (χ1v) is 9.74. The van der Waals surface area contributed by atoms with Gasteiger partial charge in [0.2, 0.25) is 5.91 Å². The van der Waals surface area contributed by atoms with Crippen LogP contribution in [-0.4, -0.2) is 46.5 Å². The molecule has 5 heteroatoms. The summed E-state index contributed by atoms with van der Waals surface area (Å²) >= 11 is 0. The van der Waals surface area contributed by atoms with Gasteiger partial charge in [-0.2, -0.15) is 0 Å². The number of imidazole rings is 1. The van der Waals surface area contributed by atoms with Gasteiger partial charge in [-0.25, -0.2) is 4.98 Å². The van der Waals surface area contributed by atoms with E-state index in [9.17, 15) is 4.79 Å². The number of H-pyrrole nitrogens is 1. The maximum Gasteiger partial charge on any atom is 0.234 e. The Morgan fingerprint density at radius 3 is 2.64 bits per heavy atom. The fourth-order valence-electron chi connectivity index (χ4n) is 4.25. The van der Waals surface area contributed by atoms with E-state index in [4.69, 9.17) is 4.98 Å². The van der Waals surface area contributed by atoms with Crippen molar-refractivity contribution < 1.29 is 4.79 Å². The van der Waals surface area contributed by atoms with Crippen molar-refractivity contribution in [3.63, 3.8) is 0 Å². The van der Waals surface area contributed by atoms with Crippen molar-refractivity contribution in [1.29, 1.82) is 0 Å². The maximum absolute atomic E-state index is 12.3. The van der Waals surface area contributed by atoms with Crippen molar-refractivity contribution in [3.05, 3.63) is 30.1 Å². The highest BCUT2D eigenvalue weighted by Crippen LogP contribution is 2.27. The fourth-order valence-corrected chi connectivity index (χ4v) is 4.25. The highest BCUT2D eigenvalue weighted by Gasteiger charge is 2.25. The number of nitrogens with zero attached hydrogens (tertiary/aromatic N) is 2. The molecule has 4 rings (SSSR count). The molecule has 2 N–H and O–H groups in total. The van der Waals surface area contributed by atoms with Crippen molar-refractivity contribution >= 4 is 16.9 Å². The monoisotopic (exact) mass is 340 g/mol. The van der Waals surface area contributed by atoms with Crippen LogP contribution in [0.5, 0.6) is 0 Å². The molecule has 0 atom stereocenters. The molecular weight excluding hydrogens is 312 g/mol. The number of fused-ring (bicyclic) bond motifs is 1. The minimum Gasteiger partial charge on any atom is -0.352 e. The highest BCUT2D eigenvalue weighted by atomic mass is 16.2. The number of hydrogen-bond donors (Lipinski definition) is 2. The van der Waals surface area contributed by atoms with Crippen LogP contribution in [0, 0.1) is 0 Å². The van der Waals surface area contributed by atoms with Crippen molar-refractivity contribution in [2.45, 2.75) is 56.9 Å². The lowest BCUT2D eigenvalue weighted by atomic mass is 9.95. The third kappa shape index (κ3) is 4.03. The normalized spacial score (nSPS) is 20.8. The number of carbonyl (C=O) groups is 1. The van der Waals surface area contributed by atoms with Crippen molar-refractivity contribution in [1.82, 2.24) is 20.2 Å². The zero-order chi connectivity index (χ0) is 17.1. The van der Waals surface area contributed by atoms with Gasteiger partial charge >= 0.3 is 0 Å². The SMILES string of the molecule is O=C(CN1CCC(c2nc3ccccc3[nH]2)CC1)NC1CCCCC1. The minimum absolute atomic E-state index is 0.203. The molecule has 2 aromatic rings. The molecular formula is C20H28N4O. The molecule has 1 aliphatic heterocycles. The molecule has 2 fully saturated rings. The molecule has 1 amide bonds. The largest absolute Gasteiger partial charge is 0.352 e. The second-order valence-electron chi connectivity index (χ2n) is 7.59. The molecule has 2 heterocycles.